The summed E-state index contributed by atoms with van der Waals surface area (Å²) in [4.78, 5) is 14.6. The first kappa shape index (κ1) is 15.5. The molecule has 0 heterocycles. The molecule has 0 aliphatic heterocycles. The van der Waals surface area contributed by atoms with Crippen LogP contribution in [-0.4, -0.2) is 23.4 Å². The third-order valence-corrected chi connectivity index (χ3v) is 4.74. The van der Waals surface area contributed by atoms with Gasteiger partial charge in [0, 0.05) is 18.2 Å². The Morgan fingerprint density at radius 1 is 1.30 bits per heavy atom. The van der Waals surface area contributed by atoms with E-state index >= 15 is 0 Å². The maximum absolute atomic E-state index is 12.7. The Labute approximate surface area is 130 Å². The number of hydrogen-bond acceptors (Lipinski definition) is 2. The Morgan fingerprint density at radius 3 is 2.50 bits per heavy atom. The lowest BCUT2D eigenvalue weighted by Gasteiger charge is -2.33. The van der Waals surface area contributed by atoms with Crippen molar-refractivity contribution in [2.45, 2.75) is 45.1 Å². The number of nitrogens with two attached hydrogens (primary N) is 1. The van der Waals surface area contributed by atoms with Crippen molar-refractivity contribution < 1.29 is 4.79 Å². The van der Waals surface area contributed by atoms with Gasteiger partial charge in [-0.05, 0) is 31.9 Å². The summed E-state index contributed by atoms with van der Waals surface area (Å²) in [5, 5.41) is 0.638. The molecule has 1 aromatic rings. The minimum absolute atomic E-state index is 0.00957. The van der Waals surface area contributed by atoms with Gasteiger partial charge in [-0.15, -0.1) is 0 Å². The van der Waals surface area contributed by atoms with Gasteiger partial charge in [-0.1, -0.05) is 42.5 Å². The molecule has 0 atom stereocenters. The van der Waals surface area contributed by atoms with Gasteiger partial charge in [-0.25, -0.2) is 0 Å². The molecule has 1 amide bonds. The zero-order chi connectivity index (χ0) is 14.7. The highest BCUT2D eigenvalue weighted by atomic mass is 35.5. The zero-order valence-corrected chi connectivity index (χ0v) is 13.2. The largest absolute Gasteiger partial charge is 0.397 e. The maximum atomic E-state index is 12.7. The summed E-state index contributed by atoms with van der Waals surface area (Å²) in [6.45, 7) is 2.71. The normalized spacial score (nSPS) is 16.1. The van der Waals surface area contributed by atoms with E-state index in [9.17, 15) is 4.79 Å². The lowest BCUT2D eigenvalue weighted by molar-refractivity contribution is 0.0648. The van der Waals surface area contributed by atoms with Crippen molar-refractivity contribution in [1.82, 2.24) is 4.90 Å². The van der Waals surface area contributed by atoms with E-state index in [0.717, 1.165) is 12.8 Å². The van der Waals surface area contributed by atoms with Crippen molar-refractivity contribution in [3.05, 3.63) is 27.7 Å². The van der Waals surface area contributed by atoms with E-state index in [1.165, 1.54) is 19.3 Å². The molecule has 0 bridgehead atoms. The fourth-order valence-electron chi connectivity index (χ4n) is 2.86. The Kier molecular flexibility index (Phi) is 5.17. The first-order valence-electron chi connectivity index (χ1n) is 7.10. The highest BCUT2D eigenvalue weighted by Crippen LogP contribution is 2.31. The van der Waals surface area contributed by atoms with Crippen LogP contribution >= 0.6 is 23.2 Å². The second-order valence-electron chi connectivity index (χ2n) is 5.24. The van der Waals surface area contributed by atoms with Crippen LogP contribution in [0.2, 0.25) is 10.0 Å². The molecule has 0 aromatic heterocycles. The molecule has 3 nitrogen and oxygen atoms in total. The lowest BCUT2D eigenvalue weighted by Crippen LogP contribution is -2.41. The van der Waals surface area contributed by atoms with E-state index in [2.05, 4.69) is 0 Å². The summed E-state index contributed by atoms with van der Waals surface area (Å²) in [7, 11) is 0. The van der Waals surface area contributed by atoms with Crippen LogP contribution in [0.25, 0.3) is 0 Å². The van der Waals surface area contributed by atoms with Crippen LogP contribution in [0.3, 0.4) is 0 Å². The number of nitrogens with zero attached hydrogens (tertiary/aromatic N) is 1. The predicted octanol–water partition coefficient (Wildman–Crippen LogP) is 4.37. The maximum Gasteiger partial charge on any atom is 0.254 e. The molecule has 2 rings (SSSR count). The fourth-order valence-corrected chi connectivity index (χ4v) is 3.20. The minimum Gasteiger partial charge on any atom is -0.397 e. The van der Waals surface area contributed by atoms with Crippen LogP contribution < -0.4 is 5.73 Å². The van der Waals surface area contributed by atoms with Crippen LogP contribution in [0.15, 0.2) is 12.1 Å². The number of rotatable bonds is 3. The second-order valence-corrected chi connectivity index (χ2v) is 6.03. The second kappa shape index (κ2) is 6.68. The number of nitrogen functional groups attached to an aromatic ring is 1. The third kappa shape index (κ3) is 3.21. The fraction of sp³-hybridized carbons (Fsp3) is 0.533. The van der Waals surface area contributed by atoms with Crippen molar-refractivity contribution in [2.24, 2.45) is 0 Å². The standard InChI is InChI=1S/C15H20Cl2N2O/c1-2-19(11-6-4-3-5-7-11)15(20)10-8-12(16)14(17)13(18)9-10/h8-9,11H,2-7,18H2,1H3. The molecule has 1 fully saturated rings. The first-order chi connectivity index (χ1) is 9.54. The SMILES string of the molecule is CCN(C(=O)c1cc(N)c(Cl)c(Cl)c1)C1CCCCC1. The Morgan fingerprint density at radius 2 is 1.95 bits per heavy atom. The van der Waals surface area contributed by atoms with E-state index in [1.54, 1.807) is 12.1 Å². The van der Waals surface area contributed by atoms with Gasteiger partial charge >= 0.3 is 0 Å². The van der Waals surface area contributed by atoms with Gasteiger partial charge in [0.05, 0.1) is 15.7 Å². The number of halogens is 2. The van der Waals surface area contributed by atoms with E-state index in [1.807, 2.05) is 11.8 Å². The van der Waals surface area contributed by atoms with Crippen molar-refractivity contribution in [3.8, 4) is 0 Å². The monoisotopic (exact) mass is 314 g/mol. The van der Waals surface area contributed by atoms with E-state index in [0.29, 0.717) is 33.9 Å². The summed E-state index contributed by atoms with van der Waals surface area (Å²) in [6, 6.07) is 3.55. The number of carbonyl (C=O) groups excluding carboxylic acids is 1. The molecule has 110 valence electrons. The molecular weight excluding hydrogens is 295 g/mol. The van der Waals surface area contributed by atoms with Gasteiger partial charge in [-0.2, -0.15) is 0 Å². The topological polar surface area (TPSA) is 46.3 Å². The first-order valence-corrected chi connectivity index (χ1v) is 7.85. The Balaban J connectivity index is 2.24. The number of amides is 1. The highest BCUT2D eigenvalue weighted by Gasteiger charge is 2.25. The molecule has 0 spiro atoms. The molecule has 0 unspecified atom stereocenters. The zero-order valence-electron chi connectivity index (χ0n) is 11.7. The third-order valence-electron chi connectivity index (χ3n) is 3.92. The predicted molar refractivity (Wildman–Crippen MR) is 84.5 cm³/mol. The number of benzene rings is 1. The molecule has 0 radical (unpaired) electrons. The molecule has 1 saturated carbocycles. The van der Waals surface area contributed by atoms with Gasteiger partial charge in [-0.3, -0.25) is 4.79 Å². The summed E-state index contributed by atoms with van der Waals surface area (Å²) in [6.07, 6.45) is 5.81. The molecular formula is C15H20Cl2N2O. The Hall–Kier alpha value is -0.930. The number of carbonyl (C=O) groups is 1. The van der Waals surface area contributed by atoms with E-state index in [4.69, 9.17) is 28.9 Å². The molecule has 1 aliphatic carbocycles. The van der Waals surface area contributed by atoms with Crippen LogP contribution in [0.1, 0.15) is 49.4 Å². The summed E-state index contributed by atoms with van der Waals surface area (Å²) in [5.41, 5.74) is 6.66. The van der Waals surface area contributed by atoms with Crippen LogP contribution in [0.4, 0.5) is 5.69 Å². The quantitative estimate of drug-likeness (QED) is 0.842. The number of anilines is 1. The van der Waals surface area contributed by atoms with Gasteiger partial charge < -0.3 is 10.6 Å². The molecule has 0 saturated heterocycles. The Bertz CT molecular complexity index is 476. The average molecular weight is 315 g/mol. The average Bonchev–Trinajstić information content (AvgIpc) is 2.46. The van der Waals surface area contributed by atoms with Crippen molar-refractivity contribution >= 4 is 34.8 Å². The van der Waals surface area contributed by atoms with Gasteiger partial charge in [0.2, 0.25) is 0 Å². The summed E-state index contributed by atoms with van der Waals surface area (Å²) in [5.74, 6) is -0.00957. The summed E-state index contributed by atoms with van der Waals surface area (Å²) >= 11 is 11.9. The van der Waals surface area contributed by atoms with Crippen molar-refractivity contribution in [3.63, 3.8) is 0 Å². The lowest BCUT2D eigenvalue weighted by atomic mass is 9.93. The van der Waals surface area contributed by atoms with Gasteiger partial charge in [0.1, 0.15) is 0 Å². The van der Waals surface area contributed by atoms with Crippen LogP contribution in [0.5, 0.6) is 0 Å². The molecule has 5 heteroatoms. The summed E-state index contributed by atoms with van der Waals surface area (Å²) < 4.78 is 0. The molecule has 1 aromatic carbocycles. The van der Waals surface area contributed by atoms with Crippen LogP contribution in [-0.2, 0) is 0 Å². The van der Waals surface area contributed by atoms with Gasteiger partial charge in [0.25, 0.3) is 5.91 Å². The van der Waals surface area contributed by atoms with Crippen molar-refractivity contribution in [1.29, 1.82) is 0 Å². The van der Waals surface area contributed by atoms with Crippen LogP contribution in [0, 0.1) is 0 Å². The molecule has 2 N–H and O–H groups in total. The highest BCUT2D eigenvalue weighted by molar-refractivity contribution is 6.43. The molecule has 1 aliphatic rings. The minimum atomic E-state index is -0.00957. The number of hydrogen-bond donors (Lipinski definition) is 1. The van der Waals surface area contributed by atoms with Crippen molar-refractivity contribution in [2.75, 3.05) is 12.3 Å². The smallest absolute Gasteiger partial charge is 0.254 e. The van der Waals surface area contributed by atoms with E-state index in [-0.39, 0.29) is 5.91 Å². The molecule has 20 heavy (non-hydrogen) atoms. The van der Waals surface area contributed by atoms with Gasteiger partial charge in [0.15, 0.2) is 0 Å². The van der Waals surface area contributed by atoms with E-state index < -0.39 is 0 Å².